The number of esters is 1. The highest BCUT2D eigenvalue weighted by Crippen LogP contribution is 2.31. The number of rotatable bonds is 4. The Kier molecular flexibility index (Phi) is 4.91. The summed E-state index contributed by atoms with van der Waals surface area (Å²) in [6.07, 6.45) is -0.247. The number of aryl methyl sites for hydroxylation is 3. The molecule has 1 aromatic carbocycles. The van der Waals surface area contributed by atoms with Gasteiger partial charge < -0.3 is 9.84 Å². The fourth-order valence-electron chi connectivity index (χ4n) is 2.53. The second-order valence-electron chi connectivity index (χ2n) is 4.80. The van der Waals surface area contributed by atoms with Crippen molar-refractivity contribution in [3.63, 3.8) is 0 Å². The fourth-order valence-corrected chi connectivity index (χ4v) is 2.53. The van der Waals surface area contributed by atoms with E-state index in [2.05, 4.69) is 0 Å². The van der Waals surface area contributed by atoms with E-state index in [0.717, 1.165) is 22.3 Å². The Morgan fingerprint density at radius 1 is 1.28 bits per heavy atom. The summed E-state index contributed by atoms with van der Waals surface area (Å²) in [6.45, 7) is 7.82. The zero-order valence-electron chi connectivity index (χ0n) is 11.8. The molecule has 0 spiro atoms. The molecule has 0 amide bonds. The molecule has 2 unspecified atom stereocenters. The zero-order valence-corrected chi connectivity index (χ0v) is 11.8. The molecule has 0 saturated heterocycles. The molecule has 0 aliphatic carbocycles. The van der Waals surface area contributed by atoms with Crippen LogP contribution in [0.2, 0.25) is 0 Å². The van der Waals surface area contributed by atoms with Crippen LogP contribution in [-0.2, 0) is 9.53 Å². The van der Waals surface area contributed by atoms with Crippen LogP contribution in [0.5, 0.6) is 0 Å². The van der Waals surface area contributed by atoms with E-state index >= 15 is 0 Å². The van der Waals surface area contributed by atoms with Gasteiger partial charge in [-0.2, -0.15) is 0 Å². The normalized spacial score (nSPS) is 14.1. The van der Waals surface area contributed by atoms with E-state index < -0.39 is 12.0 Å². The Morgan fingerprint density at radius 3 is 2.17 bits per heavy atom. The molecule has 3 heteroatoms. The topological polar surface area (TPSA) is 46.5 Å². The maximum atomic E-state index is 11.7. The third-order valence-corrected chi connectivity index (χ3v) is 3.36. The summed E-state index contributed by atoms with van der Waals surface area (Å²) in [4.78, 5) is 11.7. The summed E-state index contributed by atoms with van der Waals surface area (Å²) in [5.41, 5.74) is 4.04. The zero-order chi connectivity index (χ0) is 13.9. The van der Waals surface area contributed by atoms with E-state index in [1.54, 1.807) is 0 Å². The van der Waals surface area contributed by atoms with Crippen molar-refractivity contribution in [3.05, 3.63) is 34.4 Å². The van der Waals surface area contributed by atoms with Gasteiger partial charge in [-0.3, -0.25) is 4.79 Å². The molecule has 0 bridgehead atoms. The number of aliphatic hydroxyl groups excluding tert-OH is 1. The largest absolute Gasteiger partial charge is 0.469 e. The highest BCUT2D eigenvalue weighted by Gasteiger charge is 2.29. The minimum Gasteiger partial charge on any atom is -0.469 e. The van der Waals surface area contributed by atoms with Crippen LogP contribution in [0.25, 0.3) is 0 Å². The van der Waals surface area contributed by atoms with Gasteiger partial charge in [-0.05, 0) is 43.9 Å². The monoisotopic (exact) mass is 250 g/mol. The summed E-state index contributed by atoms with van der Waals surface area (Å²) in [5, 5.41) is 10.4. The Labute approximate surface area is 109 Å². The molecule has 0 fully saturated rings. The number of carbonyl (C=O) groups is 1. The summed E-state index contributed by atoms with van der Waals surface area (Å²) >= 11 is 0. The molecule has 0 aliphatic heterocycles. The standard InChI is InChI=1S/C15H22O3/c1-6-12(15(17)18-5)14(16)13-10(3)7-9(2)8-11(13)4/h7-8,12,14,16H,6H2,1-5H3. The lowest BCUT2D eigenvalue weighted by Crippen LogP contribution is -2.24. The smallest absolute Gasteiger partial charge is 0.311 e. The summed E-state index contributed by atoms with van der Waals surface area (Å²) in [5.74, 6) is -0.862. The number of hydrogen-bond donors (Lipinski definition) is 1. The lowest BCUT2D eigenvalue weighted by atomic mass is 9.87. The van der Waals surface area contributed by atoms with Crippen LogP contribution in [0.1, 0.15) is 41.7 Å². The lowest BCUT2D eigenvalue weighted by molar-refractivity contribution is -0.149. The predicted molar refractivity (Wildman–Crippen MR) is 71.4 cm³/mol. The number of methoxy groups -OCH3 is 1. The Hall–Kier alpha value is -1.35. The molecule has 1 aromatic rings. The van der Waals surface area contributed by atoms with Crippen molar-refractivity contribution in [2.24, 2.45) is 5.92 Å². The second kappa shape index (κ2) is 6.01. The van der Waals surface area contributed by atoms with E-state index in [-0.39, 0.29) is 5.97 Å². The minimum absolute atomic E-state index is 0.357. The van der Waals surface area contributed by atoms with Crippen LogP contribution in [0.3, 0.4) is 0 Å². The highest BCUT2D eigenvalue weighted by atomic mass is 16.5. The van der Waals surface area contributed by atoms with Gasteiger partial charge in [0.25, 0.3) is 0 Å². The molecular weight excluding hydrogens is 228 g/mol. The van der Waals surface area contributed by atoms with Gasteiger partial charge in [0.1, 0.15) is 0 Å². The van der Waals surface area contributed by atoms with Gasteiger partial charge in [0, 0.05) is 0 Å². The van der Waals surface area contributed by atoms with Crippen LogP contribution in [0, 0.1) is 26.7 Å². The quantitative estimate of drug-likeness (QED) is 0.836. The molecule has 0 heterocycles. The van der Waals surface area contributed by atoms with Crippen molar-refractivity contribution in [3.8, 4) is 0 Å². The van der Waals surface area contributed by atoms with E-state index in [4.69, 9.17) is 4.74 Å². The first-order valence-corrected chi connectivity index (χ1v) is 6.26. The number of carbonyl (C=O) groups excluding carboxylic acids is 1. The van der Waals surface area contributed by atoms with Gasteiger partial charge in [0.15, 0.2) is 0 Å². The molecule has 2 atom stereocenters. The maximum absolute atomic E-state index is 11.7. The van der Waals surface area contributed by atoms with Crippen LogP contribution in [0.15, 0.2) is 12.1 Å². The molecule has 0 aromatic heterocycles. The second-order valence-corrected chi connectivity index (χ2v) is 4.80. The first kappa shape index (κ1) is 14.7. The molecule has 0 aliphatic rings. The number of hydrogen-bond acceptors (Lipinski definition) is 3. The fraction of sp³-hybridized carbons (Fsp3) is 0.533. The highest BCUT2D eigenvalue weighted by molar-refractivity contribution is 5.73. The first-order chi connectivity index (χ1) is 8.42. The van der Waals surface area contributed by atoms with E-state index in [1.807, 2.05) is 39.8 Å². The van der Waals surface area contributed by atoms with Crippen LogP contribution >= 0.6 is 0 Å². The lowest BCUT2D eigenvalue weighted by Gasteiger charge is -2.23. The number of ether oxygens (including phenoxy) is 1. The van der Waals surface area contributed by atoms with Gasteiger partial charge in [0.05, 0.1) is 19.1 Å². The van der Waals surface area contributed by atoms with Crippen molar-refractivity contribution in [1.82, 2.24) is 0 Å². The maximum Gasteiger partial charge on any atom is 0.311 e. The third kappa shape index (κ3) is 2.91. The Bertz CT molecular complexity index is 414. The van der Waals surface area contributed by atoms with Gasteiger partial charge in [-0.25, -0.2) is 0 Å². The average molecular weight is 250 g/mol. The number of aliphatic hydroxyl groups is 1. The van der Waals surface area contributed by atoms with Crippen molar-refractivity contribution in [2.75, 3.05) is 7.11 Å². The van der Waals surface area contributed by atoms with Crippen molar-refractivity contribution in [2.45, 2.75) is 40.2 Å². The molecule has 0 radical (unpaired) electrons. The average Bonchev–Trinajstić information content (AvgIpc) is 2.28. The molecule has 3 nitrogen and oxygen atoms in total. The molecule has 1 rings (SSSR count). The molecule has 0 saturated carbocycles. The van der Waals surface area contributed by atoms with E-state index in [9.17, 15) is 9.90 Å². The molecule has 100 valence electrons. The van der Waals surface area contributed by atoms with Gasteiger partial charge in [0.2, 0.25) is 0 Å². The third-order valence-electron chi connectivity index (χ3n) is 3.36. The van der Waals surface area contributed by atoms with E-state index in [1.165, 1.54) is 7.11 Å². The molecule has 1 N–H and O–H groups in total. The van der Waals surface area contributed by atoms with Gasteiger partial charge in [-0.1, -0.05) is 24.6 Å². The number of benzene rings is 1. The SMILES string of the molecule is CCC(C(=O)OC)C(O)c1c(C)cc(C)cc1C. The molecule has 18 heavy (non-hydrogen) atoms. The van der Waals surface area contributed by atoms with Gasteiger partial charge in [-0.15, -0.1) is 0 Å². The Morgan fingerprint density at radius 2 is 1.78 bits per heavy atom. The minimum atomic E-state index is -0.803. The summed E-state index contributed by atoms with van der Waals surface area (Å²) < 4.78 is 4.75. The van der Waals surface area contributed by atoms with Crippen molar-refractivity contribution >= 4 is 5.97 Å². The predicted octanol–water partition coefficient (Wildman–Crippen LogP) is 2.84. The van der Waals surface area contributed by atoms with Gasteiger partial charge >= 0.3 is 5.97 Å². The van der Waals surface area contributed by atoms with Crippen LogP contribution in [0.4, 0.5) is 0 Å². The van der Waals surface area contributed by atoms with Crippen LogP contribution in [-0.4, -0.2) is 18.2 Å². The molecular formula is C15H22O3. The Balaban J connectivity index is 3.17. The van der Waals surface area contributed by atoms with Crippen molar-refractivity contribution < 1.29 is 14.6 Å². The van der Waals surface area contributed by atoms with E-state index in [0.29, 0.717) is 6.42 Å². The van der Waals surface area contributed by atoms with Crippen molar-refractivity contribution in [1.29, 1.82) is 0 Å². The summed E-state index contributed by atoms with van der Waals surface area (Å²) in [6, 6.07) is 4.05. The summed E-state index contributed by atoms with van der Waals surface area (Å²) in [7, 11) is 1.35. The van der Waals surface area contributed by atoms with Crippen LogP contribution < -0.4 is 0 Å². The first-order valence-electron chi connectivity index (χ1n) is 6.26.